The summed E-state index contributed by atoms with van der Waals surface area (Å²) < 4.78 is 5.96. The van der Waals surface area contributed by atoms with Gasteiger partial charge in [-0.1, -0.05) is 27.2 Å². The van der Waals surface area contributed by atoms with Crippen LogP contribution in [0.25, 0.3) is 0 Å². The third kappa shape index (κ3) is 5.56. The van der Waals surface area contributed by atoms with Gasteiger partial charge in [-0.05, 0) is 54.9 Å². The van der Waals surface area contributed by atoms with Crippen molar-refractivity contribution in [2.75, 3.05) is 19.0 Å². The van der Waals surface area contributed by atoms with Gasteiger partial charge in [0.2, 0.25) is 5.91 Å². The zero-order valence-corrected chi connectivity index (χ0v) is 15.7. The molecule has 0 bridgehead atoms. The lowest BCUT2D eigenvalue weighted by molar-refractivity contribution is -0.126. The van der Waals surface area contributed by atoms with Crippen LogP contribution in [0.15, 0.2) is 24.3 Å². The number of benzene rings is 1. The summed E-state index contributed by atoms with van der Waals surface area (Å²) >= 11 is 0. The number of carbonyl (C=O) groups excluding carboxylic acids is 2. The molecule has 1 aromatic carbocycles. The molecule has 0 unspecified atom stereocenters. The second-order valence-corrected chi connectivity index (χ2v) is 7.38. The molecule has 0 aliphatic heterocycles. The van der Waals surface area contributed by atoms with E-state index in [1.165, 1.54) is 12.8 Å². The topological polar surface area (TPSA) is 67.4 Å². The van der Waals surface area contributed by atoms with Crippen molar-refractivity contribution in [1.82, 2.24) is 5.32 Å². The van der Waals surface area contributed by atoms with Crippen LogP contribution >= 0.6 is 0 Å². The smallest absolute Gasteiger partial charge is 0.251 e. The van der Waals surface area contributed by atoms with Gasteiger partial charge in [-0.25, -0.2) is 0 Å². The second-order valence-electron chi connectivity index (χ2n) is 7.38. The van der Waals surface area contributed by atoms with Crippen molar-refractivity contribution >= 4 is 17.5 Å². The molecule has 0 aromatic heterocycles. The molecule has 1 aliphatic carbocycles. The number of hydrogen-bond donors (Lipinski definition) is 2. The van der Waals surface area contributed by atoms with Gasteiger partial charge in [0.1, 0.15) is 6.61 Å². The summed E-state index contributed by atoms with van der Waals surface area (Å²) in [5.41, 5.74) is 1.23. The van der Waals surface area contributed by atoms with Crippen LogP contribution in [-0.4, -0.2) is 31.6 Å². The molecule has 25 heavy (non-hydrogen) atoms. The Labute approximate surface area is 150 Å². The zero-order valence-electron chi connectivity index (χ0n) is 15.7. The number of ether oxygens (including phenoxy) is 1. The van der Waals surface area contributed by atoms with E-state index in [9.17, 15) is 9.59 Å². The Hall–Kier alpha value is -1.88. The third-order valence-electron chi connectivity index (χ3n) is 5.05. The maximum Gasteiger partial charge on any atom is 0.251 e. The summed E-state index contributed by atoms with van der Waals surface area (Å²) in [5.74, 6) is 1.44. The van der Waals surface area contributed by atoms with Crippen LogP contribution in [0.2, 0.25) is 0 Å². The summed E-state index contributed by atoms with van der Waals surface area (Å²) in [7, 11) is 1.59. The molecule has 1 saturated carbocycles. The summed E-state index contributed by atoms with van der Waals surface area (Å²) in [6.45, 7) is 6.77. The van der Waals surface area contributed by atoms with Crippen LogP contribution in [0, 0.1) is 17.8 Å². The van der Waals surface area contributed by atoms with E-state index in [1.807, 2.05) is 0 Å². The number of anilines is 1. The van der Waals surface area contributed by atoms with E-state index >= 15 is 0 Å². The highest BCUT2D eigenvalue weighted by molar-refractivity contribution is 5.95. The molecule has 1 aliphatic rings. The first-order chi connectivity index (χ1) is 11.9. The quantitative estimate of drug-likeness (QED) is 0.829. The lowest BCUT2D eigenvalue weighted by Gasteiger charge is -2.37. The van der Waals surface area contributed by atoms with Crippen molar-refractivity contribution in [2.24, 2.45) is 17.8 Å². The van der Waals surface area contributed by atoms with Gasteiger partial charge >= 0.3 is 0 Å². The minimum atomic E-state index is -0.159. The molecule has 5 heteroatoms. The molecule has 138 valence electrons. The maximum absolute atomic E-state index is 12.2. The number of carbonyl (C=O) groups is 2. The fourth-order valence-electron chi connectivity index (χ4n) is 3.54. The van der Waals surface area contributed by atoms with Gasteiger partial charge in [0.15, 0.2) is 0 Å². The van der Waals surface area contributed by atoms with Crippen LogP contribution in [0.5, 0.6) is 0 Å². The molecule has 2 rings (SSSR count). The minimum absolute atomic E-state index is 0.0673. The largest absolute Gasteiger partial charge is 0.368 e. The van der Waals surface area contributed by atoms with E-state index in [4.69, 9.17) is 4.74 Å². The van der Waals surface area contributed by atoms with E-state index in [2.05, 4.69) is 31.4 Å². The highest BCUT2D eigenvalue weighted by atomic mass is 16.5. The minimum Gasteiger partial charge on any atom is -0.368 e. The van der Waals surface area contributed by atoms with Crippen LogP contribution in [0.3, 0.4) is 0 Å². The van der Waals surface area contributed by atoms with Crippen LogP contribution in [-0.2, 0) is 9.53 Å². The Balaban J connectivity index is 1.86. The number of amides is 2. The maximum atomic E-state index is 12.2. The second kappa shape index (κ2) is 8.99. The zero-order chi connectivity index (χ0) is 18.4. The lowest BCUT2D eigenvalue weighted by atomic mass is 9.75. The molecule has 0 radical (unpaired) electrons. The number of hydrogen-bond acceptors (Lipinski definition) is 3. The van der Waals surface area contributed by atoms with E-state index in [0.29, 0.717) is 29.0 Å². The van der Waals surface area contributed by atoms with Gasteiger partial charge in [0, 0.05) is 18.3 Å². The Morgan fingerprint density at radius 3 is 2.48 bits per heavy atom. The van der Waals surface area contributed by atoms with E-state index in [1.54, 1.807) is 31.3 Å². The Kier molecular flexibility index (Phi) is 7.00. The van der Waals surface area contributed by atoms with Crippen LogP contribution in [0.4, 0.5) is 5.69 Å². The Bertz CT molecular complexity index is 583. The first-order valence-electron chi connectivity index (χ1n) is 9.14. The van der Waals surface area contributed by atoms with Gasteiger partial charge in [0.05, 0.1) is 6.10 Å². The van der Waals surface area contributed by atoms with Gasteiger partial charge in [-0.15, -0.1) is 0 Å². The van der Waals surface area contributed by atoms with E-state index in [-0.39, 0.29) is 24.5 Å². The van der Waals surface area contributed by atoms with Crippen molar-refractivity contribution in [3.8, 4) is 0 Å². The van der Waals surface area contributed by atoms with Crippen LogP contribution < -0.4 is 10.6 Å². The fourth-order valence-corrected chi connectivity index (χ4v) is 3.54. The molecular weight excluding hydrogens is 316 g/mol. The number of nitrogens with one attached hydrogen (secondary N) is 2. The first-order valence-corrected chi connectivity index (χ1v) is 9.14. The van der Waals surface area contributed by atoms with Crippen LogP contribution in [0.1, 0.15) is 50.4 Å². The fraction of sp³-hybridized carbons (Fsp3) is 0.600. The summed E-state index contributed by atoms with van der Waals surface area (Å²) in [6, 6.07) is 6.82. The van der Waals surface area contributed by atoms with E-state index < -0.39 is 0 Å². The molecule has 2 N–H and O–H groups in total. The molecule has 5 nitrogen and oxygen atoms in total. The molecule has 1 aromatic rings. The predicted octanol–water partition coefficient (Wildman–Crippen LogP) is 3.46. The van der Waals surface area contributed by atoms with Gasteiger partial charge in [0.25, 0.3) is 5.91 Å². The SMILES string of the molecule is CNC(=O)c1ccc(NC(=O)CO[C@@H]2C[C@@H](C)CC[C@H]2C(C)C)cc1. The van der Waals surface area contributed by atoms with Gasteiger partial charge < -0.3 is 15.4 Å². The average Bonchev–Trinajstić information content (AvgIpc) is 2.59. The highest BCUT2D eigenvalue weighted by Gasteiger charge is 2.31. The Morgan fingerprint density at radius 1 is 1.20 bits per heavy atom. The molecule has 0 saturated heterocycles. The van der Waals surface area contributed by atoms with Crippen molar-refractivity contribution in [3.05, 3.63) is 29.8 Å². The first kappa shape index (κ1) is 19.4. The van der Waals surface area contributed by atoms with Crippen molar-refractivity contribution < 1.29 is 14.3 Å². The van der Waals surface area contributed by atoms with Crippen molar-refractivity contribution in [2.45, 2.75) is 46.1 Å². The standard InChI is InChI=1S/C20H30N2O3/c1-13(2)17-10-5-14(3)11-18(17)25-12-19(23)22-16-8-6-15(7-9-16)20(24)21-4/h6-9,13-14,17-18H,5,10-12H2,1-4H3,(H,21,24)(H,22,23)/t14-,17-,18+/m0/s1. The lowest BCUT2D eigenvalue weighted by Crippen LogP contribution is -2.36. The normalized spacial score (nSPS) is 23.3. The average molecular weight is 346 g/mol. The third-order valence-corrected chi connectivity index (χ3v) is 5.05. The highest BCUT2D eigenvalue weighted by Crippen LogP contribution is 2.35. The Morgan fingerprint density at radius 2 is 1.88 bits per heavy atom. The molecule has 0 spiro atoms. The monoisotopic (exact) mass is 346 g/mol. The molecule has 3 atom stereocenters. The summed E-state index contributed by atoms with van der Waals surface area (Å²) in [4.78, 5) is 23.7. The van der Waals surface area contributed by atoms with Gasteiger partial charge in [-0.2, -0.15) is 0 Å². The van der Waals surface area contributed by atoms with Gasteiger partial charge in [-0.3, -0.25) is 9.59 Å². The summed E-state index contributed by atoms with van der Waals surface area (Å²) in [6.07, 6.45) is 3.60. The van der Waals surface area contributed by atoms with E-state index in [0.717, 1.165) is 6.42 Å². The molecular formula is C20H30N2O3. The number of rotatable bonds is 6. The molecule has 0 heterocycles. The molecule has 2 amide bonds. The summed E-state index contributed by atoms with van der Waals surface area (Å²) in [5, 5.41) is 5.39. The van der Waals surface area contributed by atoms with Crippen molar-refractivity contribution in [1.29, 1.82) is 0 Å². The predicted molar refractivity (Wildman–Crippen MR) is 99.5 cm³/mol. The van der Waals surface area contributed by atoms with Crippen molar-refractivity contribution in [3.63, 3.8) is 0 Å². The molecule has 1 fully saturated rings.